The predicted octanol–water partition coefficient (Wildman–Crippen LogP) is -2.70. The molecule has 0 aliphatic carbocycles. The lowest BCUT2D eigenvalue weighted by Gasteiger charge is -2.13. The lowest BCUT2D eigenvalue weighted by molar-refractivity contribution is -0.314. The molecule has 12 heavy (non-hydrogen) atoms. The van der Waals surface area contributed by atoms with Crippen LogP contribution in [0.15, 0.2) is 0 Å². The predicted molar refractivity (Wildman–Crippen MR) is 39.7 cm³/mol. The first-order valence-electron chi connectivity index (χ1n) is 3.66. The Bertz CT molecular complexity index is 111. The minimum Gasteiger partial charge on any atom is -0.367 e. The monoisotopic (exact) mass is 181 g/mol. The van der Waals surface area contributed by atoms with E-state index in [1.54, 1.807) is 0 Å². The Morgan fingerprint density at radius 1 is 1.17 bits per heavy atom. The van der Waals surface area contributed by atoms with Gasteiger partial charge >= 0.3 is 0 Å². The van der Waals surface area contributed by atoms with E-state index in [2.05, 4.69) is 5.32 Å². The van der Waals surface area contributed by atoms with E-state index in [-0.39, 0.29) is 13.0 Å². The van der Waals surface area contributed by atoms with Crippen LogP contribution in [0.25, 0.3) is 0 Å². The van der Waals surface area contributed by atoms with E-state index in [0.29, 0.717) is 13.0 Å². The largest absolute Gasteiger partial charge is 0.367 e. The molecule has 0 unspecified atom stereocenters. The first-order chi connectivity index (χ1) is 5.42. The van der Waals surface area contributed by atoms with Crippen LogP contribution >= 0.6 is 0 Å². The molecular weight excluding hydrogens is 166 g/mol. The number of rotatable bonds is 6. The molecule has 6 N–H and O–H groups in total. The number of aliphatic hydroxyl groups is 5. The smallest absolute Gasteiger partial charge is 0.275 e. The first kappa shape index (κ1) is 11.8. The SMILES string of the molecule is OC(O)CNCCCC(O)(O)O. The molecule has 0 aromatic heterocycles. The van der Waals surface area contributed by atoms with Crippen LogP contribution < -0.4 is 5.32 Å². The molecule has 0 aromatic carbocycles. The van der Waals surface area contributed by atoms with Crippen LogP contribution in [-0.2, 0) is 0 Å². The third kappa shape index (κ3) is 9.76. The summed E-state index contributed by atoms with van der Waals surface area (Å²) in [6, 6.07) is 0. The van der Waals surface area contributed by atoms with Crippen LogP contribution in [0.2, 0.25) is 0 Å². The van der Waals surface area contributed by atoms with Crippen molar-refractivity contribution >= 4 is 0 Å². The molecule has 0 heterocycles. The van der Waals surface area contributed by atoms with Crippen molar-refractivity contribution in [3.8, 4) is 0 Å². The van der Waals surface area contributed by atoms with Crippen molar-refractivity contribution in [2.75, 3.05) is 13.1 Å². The second-order valence-electron chi connectivity index (χ2n) is 2.56. The minimum atomic E-state index is -2.63. The van der Waals surface area contributed by atoms with E-state index in [4.69, 9.17) is 25.5 Å². The van der Waals surface area contributed by atoms with E-state index in [1.807, 2.05) is 0 Å². The Labute approximate surface area is 70.1 Å². The number of aliphatic hydroxyl groups excluding tert-OH is 1. The van der Waals surface area contributed by atoms with Crippen LogP contribution in [0.5, 0.6) is 0 Å². The van der Waals surface area contributed by atoms with E-state index < -0.39 is 12.3 Å². The Morgan fingerprint density at radius 2 is 1.75 bits per heavy atom. The van der Waals surface area contributed by atoms with Crippen LogP contribution in [0.3, 0.4) is 0 Å². The average Bonchev–Trinajstić information content (AvgIpc) is 1.83. The molecule has 74 valence electrons. The van der Waals surface area contributed by atoms with Gasteiger partial charge in [-0.05, 0) is 13.0 Å². The van der Waals surface area contributed by atoms with Gasteiger partial charge in [0.2, 0.25) is 0 Å². The molecule has 0 rings (SSSR count). The molecule has 0 radical (unpaired) electrons. The summed E-state index contributed by atoms with van der Waals surface area (Å²) in [5.74, 6) is -2.63. The molecule has 0 fully saturated rings. The summed E-state index contributed by atoms with van der Waals surface area (Å²) >= 11 is 0. The van der Waals surface area contributed by atoms with Gasteiger partial charge in [0, 0.05) is 13.0 Å². The quantitative estimate of drug-likeness (QED) is 0.196. The zero-order valence-electron chi connectivity index (χ0n) is 6.64. The van der Waals surface area contributed by atoms with Gasteiger partial charge in [-0.15, -0.1) is 0 Å². The van der Waals surface area contributed by atoms with Crippen molar-refractivity contribution in [1.29, 1.82) is 0 Å². The summed E-state index contributed by atoms with van der Waals surface area (Å²) in [6.07, 6.45) is -1.26. The molecule has 0 saturated heterocycles. The topological polar surface area (TPSA) is 113 Å². The Morgan fingerprint density at radius 3 is 2.17 bits per heavy atom. The van der Waals surface area contributed by atoms with Crippen LogP contribution in [0.4, 0.5) is 0 Å². The first-order valence-corrected chi connectivity index (χ1v) is 3.66. The zero-order valence-corrected chi connectivity index (χ0v) is 6.64. The fourth-order valence-electron chi connectivity index (χ4n) is 0.682. The normalized spacial score (nSPS) is 12.5. The fraction of sp³-hybridized carbons (Fsp3) is 1.00. The van der Waals surface area contributed by atoms with Gasteiger partial charge in [-0.2, -0.15) is 0 Å². The zero-order chi connectivity index (χ0) is 9.61. The summed E-state index contributed by atoms with van der Waals surface area (Å²) in [5, 5.41) is 44.6. The lowest BCUT2D eigenvalue weighted by Crippen LogP contribution is -2.31. The maximum absolute atomic E-state index is 8.41. The molecule has 0 amide bonds. The van der Waals surface area contributed by atoms with Crippen molar-refractivity contribution in [2.45, 2.75) is 25.1 Å². The van der Waals surface area contributed by atoms with Crippen LogP contribution in [0.1, 0.15) is 12.8 Å². The van der Waals surface area contributed by atoms with Crippen molar-refractivity contribution in [3.63, 3.8) is 0 Å². The highest BCUT2D eigenvalue weighted by atomic mass is 16.7. The Kier molecular flexibility index (Phi) is 5.31. The number of hydrogen-bond donors (Lipinski definition) is 6. The van der Waals surface area contributed by atoms with Crippen LogP contribution in [-0.4, -0.2) is 50.9 Å². The summed E-state index contributed by atoms with van der Waals surface area (Å²) in [5.41, 5.74) is 0. The van der Waals surface area contributed by atoms with Crippen molar-refractivity contribution in [3.05, 3.63) is 0 Å². The number of hydrogen-bond acceptors (Lipinski definition) is 6. The van der Waals surface area contributed by atoms with E-state index in [9.17, 15) is 0 Å². The van der Waals surface area contributed by atoms with E-state index >= 15 is 0 Å². The molecule has 0 bridgehead atoms. The number of nitrogens with one attached hydrogen (secondary N) is 1. The maximum Gasteiger partial charge on any atom is 0.275 e. The van der Waals surface area contributed by atoms with Crippen molar-refractivity contribution < 1.29 is 25.5 Å². The van der Waals surface area contributed by atoms with Gasteiger partial charge in [0.25, 0.3) is 5.97 Å². The Balaban J connectivity index is 3.12. The van der Waals surface area contributed by atoms with E-state index in [1.165, 1.54) is 0 Å². The molecule has 0 saturated carbocycles. The van der Waals surface area contributed by atoms with Gasteiger partial charge in [-0.3, -0.25) is 0 Å². The maximum atomic E-state index is 8.41. The van der Waals surface area contributed by atoms with Gasteiger partial charge in [0.1, 0.15) is 0 Å². The lowest BCUT2D eigenvalue weighted by atomic mass is 10.3. The van der Waals surface area contributed by atoms with Gasteiger partial charge in [-0.1, -0.05) is 0 Å². The molecule has 0 aliphatic heterocycles. The molecule has 0 spiro atoms. The molecule has 6 heteroatoms. The minimum absolute atomic E-state index is 0.0231. The van der Waals surface area contributed by atoms with Gasteiger partial charge in [0.15, 0.2) is 6.29 Å². The summed E-state index contributed by atoms with van der Waals surface area (Å²) in [7, 11) is 0. The fourth-order valence-corrected chi connectivity index (χ4v) is 0.682. The Hall–Kier alpha value is -0.240. The van der Waals surface area contributed by atoms with Gasteiger partial charge in [-0.25, -0.2) is 0 Å². The molecule has 0 aromatic rings. The second-order valence-corrected chi connectivity index (χ2v) is 2.56. The van der Waals surface area contributed by atoms with Crippen molar-refractivity contribution in [1.82, 2.24) is 5.32 Å². The van der Waals surface area contributed by atoms with Crippen LogP contribution in [0, 0.1) is 0 Å². The summed E-state index contributed by atoms with van der Waals surface area (Å²) < 4.78 is 0. The summed E-state index contributed by atoms with van der Waals surface area (Å²) in [6.45, 7) is 0.399. The summed E-state index contributed by atoms with van der Waals surface area (Å²) in [4.78, 5) is 0. The highest BCUT2D eigenvalue weighted by Gasteiger charge is 2.16. The molecule has 0 aliphatic rings. The molecule has 0 atom stereocenters. The average molecular weight is 181 g/mol. The standard InChI is InChI=1S/C6H15NO5/c8-5(9)4-7-3-1-2-6(10,11)12/h5,7-12H,1-4H2. The van der Waals surface area contributed by atoms with Crippen molar-refractivity contribution in [2.24, 2.45) is 0 Å². The second kappa shape index (κ2) is 5.41. The highest BCUT2D eigenvalue weighted by molar-refractivity contribution is 4.52. The molecular formula is C6H15NO5. The highest BCUT2D eigenvalue weighted by Crippen LogP contribution is 2.02. The third-order valence-corrected chi connectivity index (χ3v) is 1.19. The molecule has 6 nitrogen and oxygen atoms in total. The van der Waals surface area contributed by atoms with Gasteiger partial charge in [0.05, 0.1) is 0 Å². The van der Waals surface area contributed by atoms with E-state index in [0.717, 1.165) is 0 Å². The van der Waals surface area contributed by atoms with Gasteiger partial charge < -0.3 is 30.8 Å². The third-order valence-electron chi connectivity index (χ3n) is 1.19.